The summed E-state index contributed by atoms with van der Waals surface area (Å²) in [4.78, 5) is 7.94. The number of aryl methyl sites for hydroxylation is 1. The second-order valence-corrected chi connectivity index (χ2v) is 8.83. The molecule has 0 fully saturated rings. The minimum absolute atomic E-state index is 0. The predicted octanol–water partition coefficient (Wildman–Crippen LogP) is 3.22. The van der Waals surface area contributed by atoms with Crippen LogP contribution in [0.3, 0.4) is 0 Å². The Balaban J connectivity index is 0.000000885. The second-order valence-electron chi connectivity index (χ2n) is 8.83. The van der Waals surface area contributed by atoms with E-state index in [4.69, 9.17) is 16.8 Å². The molecule has 171 valence electrons. The Kier molecular flexibility index (Phi) is 8.28. The number of fused-ring (bicyclic) bond motifs is 1. The van der Waals surface area contributed by atoms with Crippen LogP contribution >= 0.6 is 0 Å². The third-order valence-corrected chi connectivity index (χ3v) is 3.79. The van der Waals surface area contributed by atoms with E-state index in [-0.39, 0.29) is 33.7 Å². The number of rotatable bonds is 2. The number of hydrogen-bond acceptors (Lipinski definition) is 7. The summed E-state index contributed by atoms with van der Waals surface area (Å²) in [7, 11) is 0. The van der Waals surface area contributed by atoms with Gasteiger partial charge in [0.25, 0.3) is 0 Å². The smallest absolute Gasteiger partial charge is 0.368 e. The third kappa shape index (κ3) is 6.21. The first-order chi connectivity index (χ1) is 13.8. The van der Waals surface area contributed by atoms with Crippen LogP contribution in [0.5, 0.6) is 0 Å². The van der Waals surface area contributed by atoms with Gasteiger partial charge in [-0.15, -0.1) is 0 Å². The molecule has 11 nitrogen and oxygen atoms in total. The van der Waals surface area contributed by atoms with Crippen molar-refractivity contribution in [3.63, 3.8) is 0 Å². The Hall–Kier alpha value is -2.58. The van der Waals surface area contributed by atoms with Crippen LogP contribution in [0.2, 0.25) is 0 Å². The third-order valence-electron chi connectivity index (χ3n) is 3.79. The van der Waals surface area contributed by atoms with E-state index in [0.29, 0.717) is 28.5 Å². The maximum atomic E-state index is 7.61. The quantitative estimate of drug-likeness (QED) is 0.250. The van der Waals surface area contributed by atoms with Gasteiger partial charge < -0.3 is 30.5 Å². The predicted molar refractivity (Wildman–Crippen MR) is 110 cm³/mol. The Morgan fingerprint density at radius 3 is 2.06 bits per heavy atom. The van der Waals surface area contributed by atoms with E-state index >= 15 is 0 Å². The first-order valence-corrected chi connectivity index (χ1v) is 9.35. The summed E-state index contributed by atoms with van der Waals surface area (Å²) >= 11 is 0. The summed E-state index contributed by atoms with van der Waals surface area (Å²) in [6, 6.07) is 0. The average molecular weight is 477 g/mol. The Bertz CT molecular complexity index is 1090. The summed E-state index contributed by atoms with van der Waals surface area (Å²) in [5.41, 5.74) is 2.19. The maximum Gasteiger partial charge on any atom is 2.00 e. The minimum atomic E-state index is -1.17. The van der Waals surface area contributed by atoms with Gasteiger partial charge >= 0.3 is 17.1 Å². The van der Waals surface area contributed by atoms with Crippen molar-refractivity contribution in [3.8, 4) is 0 Å². The summed E-state index contributed by atoms with van der Waals surface area (Å²) in [6.45, 7) is 22.6. The molecule has 0 aliphatic carbocycles. The van der Waals surface area contributed by atoms with Gasteiger partial charge in [-0.3, -0.25) is 14.8 Å². The topological polar surface area (TPSA) is 141 Å². The Labute approximate surface area is 191 Å². The van der Waals surface area contributed by atoms with E-state index in [1.165, 1.54) is 11.6 Å². The Morgan fingerprint density at radius 2 is 1.58 bits per heavy atom. The fraction of sp³-hybridized carbons (Fsp3) is 0.579. The first kappa shape index (κ1) is 26.5. The normalized spacial score (nSPS) is 12.1. The SMILES string of the molecule is CC(O)O.[C-]#[N+]c1c(C(C)(C)C)n[n-]c1N=Nc1c(C(C)(C)C)nn2nc(C)[n-]c12.[Cu+2]. The van der Waals surface area contributed by atoms with Gasteiger partial charge in [0.1, 0.15) is 6.29 Å². The zero-order chi connectivity index (χ0) is 22.9. The van der Waals surface area contributed by atoms with Crippen LogP contribution < -0.4 is 10.1 Å². The number of azo groups is 1. The molecule has 0 unspecified atom stereocenters. The summed E-state index contributed by atoms with van der Waals surface area (Å²) in [6.07, 6.45) is -1.17. The van der Waals surface area contributed by atoms with E-state index < -0.39 is 6.29 Å². The molecule has 0 aliphatic rings. The number of aliphatic hydroxyl groups is 2. The van der Waals surface area contributed by atoms with Crippen LogP contribution in [0.25, 0.3) is 10.5 Å². The van der Waals surface area contributed by atoms with Gasteiger partial charge in [-0.05, 0) is 30.9 Å². The summed E-state index contributed by atoms with van der Waals surface area (Å²) in [5, 5.41) is 40.7. The van der Waals surface area contributed by atoms with Gasteiger partial charge in [0.15, 0.2) is 0 Å². The molecule has 0 bridgehead atoms. The van der Waals surface area contributed by atoms with E-state index in [9.17, 15) is 0 Å². The van der Waals surface area contributed by atoms with E-state index in [2.05, 4.69) is 40.5 Å². The van der Waals surface area contributed by atoms with Gasteiger partial charge in [0.2, 0.25) is 5.69 Å². The summed E-state index contributed by atoms with van der Waals surface area (Å²) in [5.74, 6) is 0.815. The Morgan fingerprint density at radius 1 is 1.03 bits per heavy atom. The fourth-order valence-electron chi connectivity index (χ4n) is 2.54. The molecule has 1 radical (unpaired) electrons. The zero-order valence-electron chi connectivity index (χ0n) is 18.8. The first-order valence-electron chi connectivity index (χ1n) is 9.35. The molecule has 0 amide bonds. The van der Waals surface area contributed by atoms with Crippen molar-refractivity contribution in [1.29, 1.82) is 0 Å². The van der Waals surface area contributed by atoms with Crippen molar-refractivity contribution >= 4 is 22.8 Å². The summed E-state index contributed by atoms with van der Waals surface area (Å²) < 4.78 is 1.47. The molecule has 3 rings (SSSR count). The van der Waals surface area contributed by atoms with Crippen LogP contribution in [-0.4, -0.2) is 36.4 Å². The van der Waals surface area contributed by atoms with E-state index in [0.717, 1.165) is 5.69 Å². The van der Waals surface area contributed by atoms with Crippen LogP contribution in [0.1, 0.15) is 65.7 Å². The van der Waals surface area contributed by atoms with Crippen molar-refractivity contribution in [3.05, 3.63) is 28.6 Å². The number of nitrogens with zero attached hydrogens (tertiary/aromatic N) is 9. The fourth-order valence-corrected chi connectivity index (χ4v) is 2.54. The zero-order valence-corrected chi connectivity index (χ0v) is 19.7. The average Bonchev–Trinajstić information content (AvgIpc) is 3.22. The largest absolute Gasteiger partial charge is 2.00 e. The van der Waals surface area contributed by atoms with Crippen molar-refractivity contribution in [2.45, 2.75) is 72.5 Å². The van der Waals surface area contributed by atoms with Crippen molar-refractivity contribution < 1.29 is 27.3 Å². The van der Waals surface area contributed by atoms with Crippen molar-refractivity contribution in [2.75, 3.05) is 0 Å². The molecule has 12 heteroatoms. The molecule has 0 saturated heterocycles. The van der Waals surface area contributed by atoms with Crippen LogP contribution in [0.15, 0.2) is 10.2 Å². The molecule has 0 atom stereocenters. The second kappa shape index (κ2) is 9.70. The molecule has 3 aromatic heterocycles. The van der Waals surface area contributed by atoms with Crippen LogP contribution in [0, 0.1) is 13.5 Å². The van der Waals surface area contributed by atoms with Gasteiger partial charge in [-0.2, -0.15) is 0 Å². The molecular weight excluding hydrogens is 450 g/mol. The van der Waals surface area contributed by atoms with Crippen LogP contribution in [-0.2, 0) is 27.9 Å². The standard InChI is InChI=1S/C17H21N9.C2H6O2.Cu/c1-9-19-15-11(13(17(5,6)7)25-26(15)24-9)20-22-14-10(18-8)12(21-23-14)16(2,3)4;1-2(3)4;/h1-7H3;2-4H,1H3;/q-2;;+2. The van der Waals surface area contributed by atoms with Crippen LogP contribution in [0.4, 0.5) is 17.2 Å². The maximum absolute atomic E-state index is 7.61. The molecule has 31 heavy (non-hydrogen) atoms. The van der Waals surface area contributed by atoms with Crippen molar-refractivity contribution in [2.24, 2.45) is 10.2 Å². The van der Waals surface area contributed by atoms with E-state index in [1.807, 2.05) is 41.5 Å². The van der Waals surface area contributed by atoms with E-state index in [1.54, 1.807) is 6.92 Å². The van der Waals surface area contributed by atoms with Gasteiger partial charge in [-0.25, -0.2) is 9.94 Å². The van der Waals surface area contributed by atoms with Gasteiger partial charge in [0.05, 0.1) is 29.3 Å². The molecule has 2 N–H and O–H groups in total. The molecule has 0 aromatic carbocycles. The molecule has 3 aromatic rings. The molecule has 0 saturated carbocycles. The molecular formula is C19H27CuN9O2. The minimum Gasteiger partial charge on any atom is -0.368 e. The number of aliphatic hydroxyl groups excluding tert-OH is 1. The van der Waals surface area contributed by atoms with Crippen molar-refractivity contribution in [1.82, 2.24) is 30.0 Å². The van der Waals surface area contributed by atoms with Gasteiger partial charge in [-0.1, -0.05) is 41.5 Å². The molecule has 3 heterocycles. The van der Waals surface area contributed by atoms with Gasteiger partial charge in [0, 0.05) is 5.41 Å². The molecule has 0 spiro atoms. The molecule has 0 aliphatic heterocycles. The monoisotopic (exact) mass is 476 g/mol. The number of hydrogen-bond donors (Lipinski definition) is 2. The number of aromatic nitrogens is 6.